The van der Waals surface area contributed by atoms with E-state index in [2.05, 4.69) is 14.9 Å². The Morgan fingerprint density at radius 1 is 1.13 bits per heavy atom. The highest BCUT2D eigenvalue weighted by atomic mass is 32.2. The van der Waals surface area contributed by atoms with Crippen LogP contribution in [0.25, 0.3) is 22.0 Å². The van der Waals surface area contributed by atoms with Gasteiger partial charge in [0.15, 0.2) is 0 Å². The van der Waals surface area contributed by atoms with Gasteiger partial charge in [-0.2, -0.15) is 0 Å². The van der Waals surface area contributed by atoms with Crippen LogP contribution in [0, 0.1) is 19.8 Å². The van der Waals surface area contributed by atoms with Crippen LogP contribution in [0.4, 0.5) is 0 Å². The zero-order valence-electron chi connectivity index (χ0n) is 17.8. The molecule has 7 nitrogen and oxygen atoms in total. The molecule has 2 heterocycles. The van der Waals surface area contributed by atoms with Crippen molar-refractivity contribution in [3.63, 3.8) is 0 Å². The third-order valence-electron chi connectivity index (χ3n) is 6.20. The molecule has 2 aromatic heterocycles. The Balaban J connectivity index is 1.62. The minimum atomic E-state index is -3.72. The molecule has 5 rings (SSSR count). The van der Waals surface area contributed by atoms with Gasteiger partial charge in [-0.15, -0.1) is 0 Å². The number of hydrogen-bond acceptors (Lipinski definition) is 6. The molecule has 2 aliphatic rings. The van der Waals surface area contributed by atoms with Gasteiger partial charge in [0.2, 0.25) is 15.9 Å². The first-order chi connectivity index (χ1) is 14.9. The average molecular weight is 442 g/mol. The normalized spacial score (nSPS) is 17.5. The Bertz CT molecular complexity index is 1210. The number of pyridine rings is 1. The lowest BCUT2D eigenvalue weighted by Crippen LogP contribution is -2.32. The first kappa shape index (κ1) is 20.5. The molecule has 2 saturated carbocycles. The fourth-order valence-electron chi connectivity index (χ4n) is 4.34. The van der Waals surface area contributed by atoms with E-state index in [1.165, 1.54) is 12.8 Å². The molecule has 1 aromatic carbocycles. The van der Waals surface area contributed by atoms with Gasteiger partial charge >= 0.3 is 0 Å². The van der Waals surface area contributed by atoms with Crippen LogP contribution < -0.4 is 9.46 Å². The lowest BCUT2D eigenvalue weighted by atomic mass is 10.0. The molecule has 2 aliphatic carbocycles. The number of ether oxygens (including phenoxy) is 1. The summed E-state index contributed by atoms with van der Waals surface area (Å²) < 4.78 is 40.9. The molecule has 0 aliphatic heterocycles. The number of hydrogen-bond donors (Lipinski definition) is 1. The minimum Gasteiger partial charge on any atom is -0.477 e. The van der Waals surface area contributed by atoms with E-state index in [1.54, 1.807) is 18.2 Å². The number of nitrogens with one attached hydrogen (secondary N) is 1. The van der Waals surface area contributed by atoms with Gasteiger partial charge < -0.3 is 9.26 Å². The molecule has 0 spiro atoms. The summed E-state index contributed by atoms with van der Waals surface area (Å²) >= 11 is 0. The molecule has 164 valence electrons. The van der Waals surface area contributed by atoms with Crippen molar-refractivity contribution in [1.82, 2.24) is 14.9 Å². The van der Waals surface area contributed by atoms with Crippen LogP contribution in [0.1, 0.15) is 50.0 Å². The monoisotopic (exact) mass is 441 g/mol. The van der Waals surface area contributed by atoms with Crippen LogP contribution in [0.3, 0.4) is 0 Å². The smallest absolute Gasteiger partial charge is 0.241 e. The molecule has 2 fully saturated rings. The summed E-state index contributed by atoms with van der Waals surface area (Å²) in [4.78, 5) is 4.88. The number of nitrogens with zero attached hydrogens (tertiary/aromatic N) is 2. The summed E-state index contributed by atoms with van der Waals surface area (Å²) in [6.45, 7) is 4.33. The van der Waals surface area contributed by atoms with Crippen molar-refractivity contribution in [2.24, 2.45) is 5.92 Å². The maximum Gasteiger partial charge on any atom is 0.241 e. The Morgan fingerprint density at radius 3 is 2.58 bits per heavy atom. The van der Waals surface area contributed by atoms with Crippen LogP contribution in [0.2, 0.25) is 0 Å². The zero-order valence-corrected chi connectivity index (χ0v) is 18.7. The van der Waals surface area contributed by atoms with E-state index in [1.807, 2.05) is 19.9 Å². The molecule has 0 bridgehead atoms. The third kappa shape index (κ3) is 4.19. The summed E-state index contributed by atoms with van der Waals surface area (Å²) in [5, 5.41) is 4.62. The molecular formula is C23H27N3O4S. The van der Waals surface area contributed by atoms with Crippen molar-refractivity contribution < 1.29 is 17.7 Å². The van der Waals surface area contributed by atoms with Gasteiger partial charge in [-0.25, -0.2) is 18.1 Å². The molecule has 31 heavy (non-hydrogen) atoms. The summed E-state index contributed by atoms with van der Waals surface area (Å²) in [6, 6.07) is 7.13. The molecule has 0 atom stereocenters. The highest BCUT2D eigenvalue weighted by Gasteiger charge is 2.27. The minimum absolute atomic E-state index is 0.0168. The third-order valence-corrected chi connectivity index (χ3v) is 7.76. The van der Waals surface area contributed by atoms with E-state index in [0.29, 0.717) is 40.8 Å². The fraction of sp³-hybridized carbons (Fsp3) is 0.478. The van der Waals surface area contributed by atoms with Crippen molar-refractivity contribution in [2.45, 2.75) is 63.3 Å². The lowest BCUT2D eigenvalue weighted by Gasteiger charge is -2.16. The Kier molecular flexibility index (Phi) is 5.22. The molecule has 3 aromatic rings. The molecular weight excluding hydrogens is 414 g/mol. The van der Waals surface area contributed by atoms with E-state index in [4.69, 9.17) is 9.26 Å². The predicted molar refractivity (Wildman–Crippen MR) is 118 cm³/mol. The van der Waals surface area contributed by atoms with E-state index < -0.39 is 10.0 Å². The lowest BCUT2D eigenvalue weighted by molar-refractivity contribution is 0.289. The van der Waals surface area contributed by atoms with E-state index in [0.717, 1.165) is 36.8 Å². The molecule has 1 N–H and O–H groups in total. The topological polar surface area (TPSA) is 94.3 Å². The predicted octanol–water partition coefficient (Wildman–Crippen LogP) is 4.52. The first-order valence-electron chi connectivity index (χ1n) is 10.9. The second-order valence-electron chi connectivity index (χ2n) is 8.75. The van der Waals surface area contributed by atoms with Gasteiger partial charge in [0.25, 0.3) is 0 Å². The molecule has 0 amide bonds. The highest BCUT2D eigenvalue weighted by Crippen LogP contribution is 2.35. The van der Waals surface area contributed by atoms with E-state index in [-0.39, 0.29) is 10.9 Å². The summed E-state index contributed by atoms with van der Waals surface area (Å²) in [5.41, 5.74) is 2.82. The molecule has 0 saturated heterocycles. The second kappa shape index (κ2) is 7.91. The van der Waals surface area contributed by atoms with Gasteiger partial charge in [0.1, 0.15) is 5.76 Å². The van der Waals surface area contributed by atoms with Crippen LogP contribution in [0.5, 0.6) is 5.88 Å². The summed E-state index contributed by atoms with van der Waals surface area (Å²) in [7, 11) is -3.72. The number of benzene rings is 1. The van der Waals surface area contributed by atoms with Crippen molar-refractivity contribution in [3.05, 3.63) is 35.7 Å². The maximum absolute atomic E-state index is 13.4. The quantitative estimate of drug-likeness (QED) is 0.579. The highest BCUT2D eigenvalue weighted by molar-refractivity contribution is 7.89. The van der Waals surface area contributed by atoms with Gasteiger partial charge in [0, 0.05) is 23.1 Å². The van der Waals surface area contributed by atoms with E-state index >= 15 is 0 Å². The maximum atomic E-state index is 13.4. The van der Waals surface area contributed by atoms with Crippen LogP contribution in [-0.2, 0) is 10.0 Å². The number of sulfonamides is 1. The van der Waals surface area contributed by atoms with Crippen molar-refractivity contribution >= 4 is 20.9 Å². The Morgan fingerprint density at radius 2 is 1.90 bits per heavy atom. The first-order valence-corrected chi connectivity index (χ1v) is 12.4. The standard InChI is InChI=1S/C23H27N3O4S/c1-14-23(15(2)30-25-14)17-11-20-19(9-10-22(24-20)29-13-16-7-8-16)21(12-17)31(27,28)26-18-5-3-4-6-18/h9-12,16,18,26H,3-8,13H2,1-2H3. The number of fused-ring (bicyclic) bond motifs is 1. The van der Waals surface area contributed by atoms with Crippen molar-refractivity contribution in [3.8, 4) is 17.0 Å². The zero-order chi connectivity index (χ0) is 21.6. The number of aryl methyl sites for hydroxylation is 2. The fourth-order valence-corrected chi connectivity index (χ4v) is 5.88. The Hall–Kier alpha value is -2.45. The van der Waals surface area contributed by atoms with Gasteiger partial charge in [-0.1, -0.05) is 18.0 Å². The number of rotatable bonds is 7. The van der Waals surface area contributed by atoms with Crippen LogP contribution in [0.15, 0.2) is 33.7 Å². The van der Waals surface area contributed by atoms with Crippen LogP contribution in [-0.4, -0.2) is 31.2 Å². The average Bonchev–Trinajstić information content (AvgIpc) is 3.33. The summed E-state index contributed by atoms with van der Waals surface area (Å²) in [6.07, 6.45) is 6.24. The van der Waals surface area contributed by atoms with Gasteiger partial charge in [-0.3, -0.25) is 0 Å². The number of aromatic nitrogens is 2. The molecule has 0 unspecified atom stereocenters. The van der Waals surface area contributed by atoms with E-state index in [9.17, 15) is 8.42 Å². The largest absolute Gasteiger partial charge is 0.477 e. The van der Waals surface area contributed by atoms with Crippen molar-refractivity contribution in [1.29, 1.82) is 0 Å². The van der Waals surface area contributed by atoms with Gasteiger partial charge in [0.05, 0.1) is 22.7 Å². The van der Waals surface area contributed by atoms with Gasteiger partial charge in [-0.05, 0) is 69.2 Å². The summed E-state index contributed by atoms with van der Waals surface area (Å²) in [5.74, 6) is 1.77. The van der Waals surface area contributed by atoms with Crippen LogP contribution >= 0.6 is 0 Å². The van der Waals surface area contributed by atoms with Crippen molar-refractivity contribution in [2.75, 3.05) is 6.61 Å². The second-order valence-corrected chi connectivity index (χ2v) is 10.4. The molecule has 0 radical (unpaired) electrons. The Labute approximate surface area is 182 Å². The molecule has 8 heteroatoms. The SMILES string of the molecule is Cc1noc(C)c1-c1cc(S(=O)(=O)NC2CCCC2)c2ccc(OCC3CC3)nc2c1.